The lowest BCUT2D eigenvalue weighted by molar-refractivity contribution is -0.119. The Morgan fingerprint density at radius 2 is 1.87 bits per heavy atom. The lowest BCUT2D eigenvalue weighted by Gasteiger charge is -2.16. The number of anilines is 1. The molecule has 0 spiro atoms. The number of rotatable bonds is 6. The number of amides is 1. The molecule has 6 heteroatoms. The number of carbonyl (C=O) groups excluding carboxylic acids is 1. The number of para-hydroxylation sites is 2. The van der Waals surface area contributed by atoms with E-state index in [1.165, 1.54) is 0 Å². The summed E-state index contributed by atoms with van der Waals surface area (Å²) in [6, 6.07) is 21.5. The zero-order chi connectivity index (χ0) is 20.8. The average molecular weight is 421 g/mol. The molecule has 3 aromatic carbocycles. The molecule has 1 aliphatic heterocycles. The van der Waals surface area contributed by atoms with E-state index in [9.17, 15) is 4.79 Å². The van der Waals surface area contributed by atoms with E-state index < -0.39 is 0 Å². The second-order valence-electron chi connectivity index (χ2n) is 7.26. The standard InChI is InChI=1S/C24H24N2O3S/c27-23(15-18-9-5-8-17-7-1-2-11-20(17)18)26-24(30)25-21-12-3-4-13-22(21)29-16-19-10-6-14-28-19/h1-5,7-9,11-13,19H,6,10,14-16H2,(H2,25,26,27,30). The summed E-state index contributed by atoms with van der Waals surface area (Å²) in [5.41, 5.74) is 1.68. The molecule has 30 heavy (non-hydrogen) atoms. The monoisotopic (exact) mass is 420 g/mol. The van der Waals surface area contributed by atoms with Crippen molar-refractivity contribution in [1.82, 2.24) is 5.32 Å². The Morgan fingerprint density at radius 1 is 1.07 bits per heavy atom. The highest BCUT2D eigenvalue weighted by Crippen LogP contribution is 2.25. The number of nitrogens with one attached hydrogen (secondary N) is 2. The highest BCUT2D eigenvalue weighted by Gasteiger charge is 2.17. The number of fused-ring (bicyclic) bond motifs is 1. The van der Waals surface area contributed by atoms with E-state index in [4.69, 9.17) is 21.7 Å². The molecule has 5 nitrogen and oxygen atoms in total. The summed E-state index contributed by atoms with van der Waals surface area (Å²) in [7, 11) is 0. The Hall–Kier alpha value is -2.96. The van der Waals surface area contributed by atoms with E-state index in [0.29, 0.717) is 18.0 Å². The van der Waals surface area contributed by atoms with Gasteiger partial charge in [0, 0.05) is 6.61 Å². The van der Waals surface area contributed by atoms with Crippen LogP contribution in [0.4, 0.5) is 5.69 Å². The minimum atomic E-state index is -0.165. The summed E-state index contributed by atoms with van der Waals surface area (Å²) in [4.78, 5) is 12.6. The normalized spacial score (nSPS) is 15.7. The molecule has 154 valence electrons. The summed E-state index contributed by atoms with van der Waals surface area (Å²) in [5.74, 6) is 0.514. The molecule has 0 bridgehead atoms. The van der Waals surface area contributed by atoms with Gasteiger partial charge in [0.2, 0.25) is 5.91 Å². The number of carbonyl (C=O) groups is 1. The van der Waals surface area contributed by atoms with Crippen LogP contribution in [0.3, 0.4) is 0 Å². The van der Waals surface area contributed by atoms with Gasteiger partial charge in [-0.1, -0.05) is 54.6 Å². The van der Waals surface area contributed by atoms with E-state index >= 15 is 0 Å². The molecule has 1 heterocycles. The largest absolute Gasteiger partial charge is 0.489 e. The first-order valence-electron chi connectivity index (χ1n) is 10.1. The minimum absolute atomic E-state index is 0.130. The topological polar surface area (TPSA) is 59.6 Å². The number of thiocarbonyl (C=S) groups is 1. The van der Waals surface area contributed by atoms with Crippen molar-refractivity contribution >= 4 is 39.7 Å². The highest BCUT2D eigenvalue weighted by molar-refractivity contribution is 7.80. The van der Waals surface area contributed by atoms with Crippen molar-refractivity contribution in [3.63, 3.8) is 0 Å². The van der Waals surface area contributed by atoms with E-state index in [-0.39, 0.29) is 23.5 Å². The third kappa shape index (κ3) is 5.14. The van der Waals surface area contributed by atoms with Gasteiger partial charge in [-0.2, -0.15) is 0 Å². The molecule has 1 atom stereocenters. The lowest BCUT2D eigenvalue weighted by atomic mass is 10.0. The molecule has 1 saturated heterocycles. The van der Waals surface area contributed by atoms with Crippen LogP contribution < -0.4 is 15.4 Å². The van der Waals surface area contributed by atoms with E-state index in [2.05, 4.69) is 10.6 Å². The molecule has 3 aromatic rings. The smallest absolute Gasteiger partial charge is 0.230 e. The van der Waals surface area contributed by atoms with Gasteiger partial charge in [-0.05, 0) is 53.5 Å². The van der Waals surface area contributed by atoms with E-state index in [1.807, 2.05) is 66.7 Å². The molecule has 1 unspecified atom stereocenters. The molecule has 0 aliphatic carbocycles. The van der Waals surface area contributed by atoms with Crippen LogP contribution in [0, 0.1) is 0 Å². The molecule has 2 N–H and O–H groups in total. The van der Waals surface area contributed by atoms with Crippen LogP contribution in [-0.2, 0) is 16.0 Å². The summed E-state index contributed by atoms with van der Waals surface area (Å²) >= 11 is 5.35. The molecule has 4 rings (SSSR count). The number of benzene rings is 3. The van der Waals surface area contributed by atoms with Crippen LogP contribution in [0.25, 0.3) is 10.8 Å². The first-order valence-corrected chi connectivity index (χ1v) is 10.5. The minimum Gasteiger partial charge on any atom is -0.489 e. The number of ether oxygens (including phenoxy) is 2. The molecule has 0 radical (unpaired) electrons. The molecule has 0 aromatic heterocycles. The zero-order valence-corrected chi connectivity index (χ0v) is 17.4. The first-order chi connectivity index (χ1) is 14.7. The van der Waals surface area contributed by atoms with Crippen molar-refractivity contribution < 1.29 is 14.3 Å². The van der Waals surface area contributed by atoms with Crippen LogP contribution in [0.5, 0.6) is 5.75 Å². The summed E-state index contributed by atoms with van der Waals surface area (Å²) in [5, 5.41) is 8.27. The Morgan fingerprint density at radius 3 is 2.73 bits per heavy atom. The highest BCUT2D eigenvalue weighted by atomic mass is 32.1. The third-order valence-corrected chi connectivity index (χ3v) is 5.27. The predicted octanol–water partition coefficient (Wildman–Crippen LogP) is 4.45. The van der Waals surface area contributed by atoms with Crippen molar-refractivity contribution in [2.75, 3.05) is 18.5 Å². The Kier molecular flexibility index (Phi) is 6.57. The lowest BCUT2D eigenvalue weighted by Crippen LogP contribution is -2.35. The van der Waals surface area contributed by atoms with Gasteiger partial charge >= 0.3 is 0 Å². The molecule has 1 aliphatic rings. The van der Waals surface area contributed by atoms with Crippen LogP contribution >= 0.6 is 12.2 Å². The first kappa shape index (κ1) is 20.3. The Labute approximate surface area is 181 Å². The van der Waals surface area contributed by atoms with Gasteiger partial charge in [0.15, 0.2) is 5.11 Å². The van der Waals surface area contributed by atoms with Gasteiger partial charge < -0.3 is 20.1 Å². The van der Waals surface area contributed by atoms with Crippen molar-refractivity contribution in [1.29, 1.82) is 0 Å². The fraction of sp³-hybridized carbons (Fsp3) is 0.250. The van der Waals surface area contributed by atoms with Crippen LogP contribution in [0.2, 0.25) is 0 Å². The van der Waals surface area contributed by atoms with Crippen molar-refractivity contribution in [2.45, 2.75) is 25.4 Å². The second-order valence-corrected chi connectivity index (χ2v) is 7.67. The molecule has 1 fully saturated rings. The van der Waals surface area contributed by atoms with Gasteiger partial charge in [0.1, 0.15) is 12.4 Å². The van der Waals surface area contributed by atoms with E-state index in [0.717, 1.165) is 35.8 Å². The van der Waals surface area contributed by atoms with Crippen molar-refractivity contribution in [3.8, 4) is 5.75 Å². The maximum atomic E-state index is 12.6. The summed E-state index contributed by atoms with van der Waals surface area (Å²) in [6.45, 7) is 1.29. The average Bonchev–Trinajstić information content (AvgIpc) is 3.27. The predicted molar refractivity (Wildman–Crippen MR) is 123 cm³/mol. The third-order valence-electron chi connectivity index (χ3n) is 5.07. The number of hydrogen-bond donors (Lipinski definition) is 2. The maximum absolute atomic E-state index is 12.6. The SMILES string of the molecule is O=C(Cc1cccc2ccccc12)NC(=S)Nc1ccccc1OCC1CCCO1. The van der Waals surface area contributed by atoms with Gasteiger partial charge in [0.05, 0.1) is 18.2 Å². The number of hydrogen-bond acceptors (Lipinski definition) is 4. The maximum Gasteiger partial charge on any atom is 0.230 e. The van der Waals surface area contributed by atoms with E-state index in [1.54, 1.807) is 0 Å². The quantitative estimate of drug-likeness (QED) is 0.577. The van der Waals surface area contributed by atoms with Crippen molar-refractivity contribution in [2.24, 2.45) is 0 Å². The van der Waals surface area contributed by atoms with Crippen molar-refractivity contribution in [3.05, 3.63) is 72.3 Å². The molecular formula is C24H24N2O3S. The van der Waals surface area contributed by atoms with Gasteiger partial charge in [-0.3, -0.25) is 4.79 Å². The zero-order valence-electron chi connectivity index (χ0n) is 16.6. The molecular weight excluding hydrogens is 396 g/mol. The second kappa shape index (κ2) is 9.69. The summed E-state index contributed by atoms with van der Waals surface area (Å²) < 4.78 is 11.5. The Balaban J connectivity index is 1.35. The Bertz CT molecular complexity index is 1040. The fourth-order valence-electron chi connectivity index (χ4n) is 3.60. The van der Waals surface area contributed by atoms with Crippen LogP contribution in [-0.4, -0.2) is 30.3 Å². The summed E-state index contributed by atoms with van der Waals surface area (Å²) in [6.07, 6.45) is 2.46. The molecule has 1 amide bonds. The van der Waals surface area contributed by atoms with Crippen LogP contribution in [0.1, 0.15) is 18.4 Å². The van der Waals surface area contributed by atoms with Gasteiger partial charge in [-0.15, -0.1) is 0 Å². The molecule has 0 saturated carbocycles. The fourth-order valence-corrected chi connectivity index (χ4v) is 3.82. The van der Waals surface area contributed by atoms with Crippen LogP contribution in [0.15, 0.2) is 66.7 Å². The van der Waals surface area contributed by atoms with Gasteiger partial charge in [0.25, 0.3) is 0 Å². The van der Waals surface area contributed by atoms with Gasteiger partial charge in [-0.25, -0.2) is 0 Å².